The Balaban J connectivity index is 1.20. The molecule has 0 unspecified atom stereocenters. The summed E-state index contributed by atoms with van der Waals surface area (Å²) in [6.07, 6.45) is 0. The lowest BCUT2D eigenvalue weighted by Gasteiger charge is -2.13. The summed E-state index contributed by atoms with van der Waals surface area (Å²) < 4.78 is 114. The maximum Gasteiger partial charge on any atom is 0.164 e. The van der Waals surface area contributed by atoms with Gasteiger partial charge in [0.25, 0.3) is 0 Å². The van der Waals surface area contributed by atoms with Gasteiger partial charge in [-0.3, -0.25) is 0 Å². The summed E-state index contributed by atoms with van der Waals surface area (Å²) in [5, 5.41) is 1.29. The predicted molar refractivity (Wildman–Crippen MR) is 229 cm³/mol. The van der Waals surface area contributed by atoms with Crippen molar-refractivity contribution in [2.75, 3.05) is 0 Å². The number of aromatic nitrogens is 4. The second-order valence-corrected chi connectivity index (χ2v) is 13.1. The van der Waals surface area contributed by atoms with Crippen molar-refractivity contribution in [2.24, 2.45) is 0 Å². The van der Waals surface area contributed by atoms with Crippen molar-refractivity contribution >= 4 is 43.7 Å². The molecule has 11 rings (SSSR count). The Morgan fingerprint density at radius 1 is 0.429 bits per heavy atom. The Hall–Kier alpha value is -7.63. The fourth-order valence-corrected chi connectivity index (χ4v) is 7.33. The molecule has 0 radical (unpaired) electrons. The predicted octanol–water partition coefficient (Wildman–Crippen LogP) is 13.2. The summed E-state index contributed by atoms with van der Waals surface area (Å²) in [5.74, 6) is 0.903. The molecule has 0 aliphatic rings. The molecule has 0 bridgehead atoms. The standard InChI is InChI=1S/C51H32N4O/c1-3-14-33(15-4-1)34-28-30-35(31-29-34)49-52-50(54-51(53-49)43-24-13-27-46-47(43)42-21-8-10-26-45(42)56-46)37-17-11-16-36(32-37)39-22-12-23-41-40-20-7-9-25-44(40)55(48(39)41)38-18-5-2-6-19-38/h1-32H/i2D,5D,6D,7D,9D,12D,18D,19D,20D,22D,23D,25D. The van der Waals surface area contributed by atoms with Crippen LogP contribution in [0.25, 0.3) is 106 Å². The van der Waals surface area contributed by atoms with Gasteiger partial charge in [0.1, 0.15) is 11.2 Å². The first-order valence-corrected chi connectivity index (χ1v) is 17.8. The van der Waals surface area contributed by atoms with E-state index in [0.717, 1.165) is 26.5 Å². The van der Waals surface area contributed by atoms with Gasteiger partial charge in [0.05, 0.1) is 27.5 Å². The van der Waals surface area contributed by atoms with Gasteiger partial charge in [0.2, 0.25) is 0 Å². The molecule has 5 heteroatoms. The van der Waals surface area contributed by atoms with Crippen LogP contribution in [-0.2, 0) is 0 Å². The van der Waals surface area contributed by atoms with Crippen molar-refractivity contribution in [3.05, 3.63) is 194 Å². The maximum absolute atomic E-state index is 9.44. The molecule has 0 atom stereocenters. The molecule has 3 aromatic heterocycles. The second-order valence-electron chi connectivity index (χ2n) is 13.1. The number of benzene rings is 8. The molecule has 5 nitrogen and oxygen atoms in total. The van der Waals surface area contributed by atoms with E-state index >= 15 is 0 Å². The normalized spacial score (nSPS) is 14.6. The van der Waals surface area contributed by atoms with E-state index in [9.17, 15) is 2.74 Å². The topological polar surface area (TPSA) is 56.7 Å². The van der Waals surface area contributed by atoms with Crippen LogP contribution >= 0.6 is 0 Å². The molecular formula is C51H32N4O. The Kier molecular flexibility index (Phi) is 5.10. The van der Waals surface area contributed by atoms with E-state index in [1.807, 2.05) is 97.1 Å². The van der Waals surface area contributed by atoms with E-state index in [0.29, 0.717) is 39.5 Å². The monoisotopic (exact) mass is 728 g/mol. The lowest BCUT2D eigenvalue weighted by Crippen LogP contribution is -2.01. The van der Waals surface area contributed by atoms with Gasteiger partial charge in [-0.2, -0.15) is 0 Å². The summed E-state index contributed by atoms with van der Waals surface area (Å²) in [5.41, 5.74) is 4.51. The molecule has 0 amide bonds. The van der Waals surface area contributed by atoms with Crippen LogP contribution in [0.5, 0.6) is 0 Å². The van der Waals surface area contributed by atoms with Crippen molar-refractivity contribution in [1.82, 2.24) is 19.5 Å². The van der Waals surface area contributed by atoms with Crippen LogP contribution < -0.4 is 0 Å². The van der Waals surface area contributed by atoms with Crippen LogP contribution in [0.3, 0.4) is 0 Å². The Labute approximate surface area is 339 Å². The van der Waals surface area contributed by atoms with E-state index in [2.05, 4.69) is 0 Å². The van der Waals surface area contributed by atoms with Gasteiger partial charge in [0, 0.05) is 49.5 Å². The van der Waals surface area contributed by atoms with Crippen LogP contribution in [0.4, 0.5) is 0 Å². The summed E-state index contributed by atoms with van der Waals surface area (Å²) in [7, 11) is 0. The molecule has 8 aromatic carbocycles. The van der Waals surface area contributed by atoms with E-state index in [-0.39, 0.29) is 38.8 Å². The Bertz CT molecular complexity index is 3920. The molecule has 3 heterocycles. The van der Waals surface area contributed by atoms with Crippen LogP contribution in [0.2, 0.25) is 0 Å². The smallest absolute Gasteiger partial charge is 0.164 e. The Morgan fingerprint density at radius 2 is 1.07 bits per heavy atom. The quantitative estimate of drug-likeness (QED) is 0.171. The van der Waals surface area contributed by atoms with Crippen molar-refractivity contribution in [1.29, 1.82) is 0 Å². The van der Waals surface area contributed by atoms with Gasteiger partial charge in [-0.15, -0.1) is 0 Å². The van der Waals surface area contributed by atoms with Crippen molar-refractivity contribution in [2.45, 2.75) is 0 Å². The molecule has 0 N–H and O–H groups in total. The molecule has 0 saturated carbocycles. The highest BCUT2D eigenvalue weighted by molar-refractivity contribution is 6.14. The summed E-state index contributed by atoms with van der Waals surface area (Å²) in [6.45, 7) is 0. The fraction of sp³-hybridized carbons (Fsp3) is 0. The van der Waals surface area contributed by atoms with E-state index in [4.69, 9.17) is 33.1 Å². The maximum atomic E-state index is 9.44. The van der Waals surface area contributed by atoms with Crippen molar-refractivity contribution in [3.8, 4) is 62.1 Å². The number of nitrogens with zero attached hydrogens (tertiary/aromatic N) is 4. The number of hydrogen-bond acceptors (Lipinski definition) is 4. The fourth-order valence-electron chi connectivity index (χ4n) is 7.33. The first kappa shape index (κ1) is 21.9. The number of fused-ring (bicyclic) bond motifs is 6. The third-order valence-corrected chi connectivity index (χ3v) is 9.86. The van der Waals surface area contributed by atoms with E-state index < -0.39 is 78.2 Å². The summed E-state index contributed by atoms with van der Waals surface area (Å²) in [4.78, 5) is 15.1. The van der Waals surface area contributed by atoms with E-state index in [1.54, 1.807) is 24.3 Å². The number of hydrogen-bond donors (Lipinski definition) is 0. The van der Waals surface area contributed by atoms with Gasteiger partial charge in [-0.05, 0) is 53.0 Å². The zero-order chi connectivity index (χ0) is 47.4. The van der Waals surface area contributed by atoms with Crippen LogP contribution in [-0.4, -0.2) is 19.5 Å². The van der Waals surface area contributed by atoms with Gasteiger partial charge in [-0.1, -0.05) is 158 Å². The molecule has 0 saturated heterocycles. The SMILES string of the molecule is [2H]c1c([2H])c([2H])c(-n2c3c([2H])c([2H])c([2H])c([2H])c3c3c([2H])c([2H])c([2H])c(-c4cccc(-c5nc(-c6ccc(-c7ccccc7)cc6)nc(-c6cccc7oc8ccccc8c67)n5)c4)c32)c([2H])c1[2H]. The van der Waals surface area contributed by atoms with E-state index in [1.165, 1.54) is 0 Å². The highest BCUT2D eigenvalue weighted by atomic mass is 16.3. The summed E-state index contributed by atoms with van der Waals surface area (Å²) >= 11 is 0. The van der Waals surface area contributed by atoms with Crippen LogP contribution in [0.15, 0.2) is 198 Å². The highest BCUT2D eigenvalue weighted by Gasteiger charge is 2.20. The van der Waals surface area contributed by atoms with Crippen molar-refractivity contribution < 1.29 is 20.9 Å². The number of furan rings is 1. The molecule has 0 spiro atoms. The zero-order valence-corrected chi connectivity index (χ0v) is 29.2. The van der Waals surface area contributed by atoms with Gasteiger partial charge in [-0.25, -0.2) is 15.0 Å². The first-order chi connectivity index (χ1) is 32.7. The number of para-hydroxylation sites is 4. The minimum Gasteiger partial charge on any atom is -0.456 e. The average molecular weight is 729 g/mol. The third kappa shape index (κ3) is 5.29. The molecule has 262 valence electrons. The van der Waals surface area contributed by atoms with Gasteiger partial charge in [0.15, 0.2) is 17.5 Å². The first-order valence-electron chi connectivity index (χ1n) is 23.8. The van der Waals surface area contributed by atoms with Crippen molar-refractivity contribution in [3.63, 3.8) is 0 Å². The number of rotatable bonds is 6. The van der Waals surface area contributed by atoms with Gasteiger partial charge < -0.3 is 8.98 Å². The van der Waals surface area contributed by atoms with Crippen LogP contribution in [0.1, 0.15) is 16.4 Å². The minimum atomic E-state index is -0.704. The molecule has 0 aliphatic heterocycles. The third-order valence-electron chi connectivity index (χ3n) is 9.86. The lowest BCUT2D eigenvalue weighted by atomic mass is 9.99. The lowest BCUT2D eigenvalue weighted by molar-refractivity contribution is 0.669. The van der Waals surface area contributed by atoms with Crippen LogP contribution in [0, 0.1) is 0 Å². The highest BCUT2D eigenvalue weighted by Crippen LogP contribution is 2.40. The molecular weight excluding hydrogens is 685 g/mol. The molecule has 0 aliphatic carbocycles. The Morgan fingerprint density at radius 3 is 1.95 bits per heavy atom. The molecule has 11 aromatic rings. The molecule has 56 heavy (non-hydrogen) atoms. The average Bonchev–Trinajstić information content (AvgIpc) is 3.93. The second kappa shape index (κ2) is 13.0. The largest absolute Gasteiger partial charge is 0.456 e. The minimum absolute atomic E-state index is 0.0386. The van der Waals surface area contributed by atoms with Gasteiger partial charge >= 0.3 is 0 Å². The zero-order valence-electron chi connectivity index (χ0n) is 41.2. The summed E-state index contributed by atoms with van der Waals surface area (Å²) in [6, 6.07) is 30.3. The molecule has 0 fully saturated rings.